The van der Waals surface area contributed by atoms with E-state index in [0.717, 1.165) is 29.7 Å². The number of fused-ring (bicyclic) bond motifs is 1. The number of hydrogen-bond donors (Lipinski definition) is 1. The number of ether oxygens (including phenoxy) is 1. The lowest BCUT2D eigenvalue weighted by molar-refractivity contribution is -0.141. The molecule has 1 unspecified atom stereocenters. The molecule has 0 aliphatic heterocycles. The zero-order valence-electron chi connectivity index (χ0n) is 14.8. The zero-order valence-corrected chi connectivity index (χ0v) is 15.5. The molecule has 136 valence electrons. The lowest BCUT2D eigenvalue weighted by Gasteiger charge is -2.15. The molecule has 0 saturated carbocycles. The second-order valence-corrected chi connectivity index (χ2v) is 6.83. The Kier molecular flexibility index (Phi) is 5.47. The van der Waals surface area contributed by atoms with Crippen molar-refractivity contribution >= 4 is 28.6 Å². The molecule has 0 saturated heterocycles. The summed E-state index contributed by atoms with van der Waals surface area (Å²) in [7, 11) is 1.37. The molecule has 6 heteroatoms. The summed E-state index contributed by atoms with van der Waals surface area (Å²) in [6, 6.07) is 5.47. The summed E-state index contributed by atoms with van der Waals surface area (Å²) >= 11 is 6.13. The molecule has 1 aliphatic carbocycles. The number of rotatable bonds is 5. The number of carbonyl (C=O) groups excluding carboxylic acids is 1. The topological polar surface area (TPSA) is 64.3 Å². The van der Waals surface area contributed by atoms with Crippen LogP contribution in [0.1, 0.15) is 31.5 Å². The normalized spacial score (nSPS) is 15.3. The van der Waals surface area contributed by atoms with Crippen molar-refractivity contribution in [1.29, 1.82) is 0 Å². The number of aromatic nitrogens is 2. The van der Waals surface area contributed by atoms with Crippen molar-refractivity contribution in [2.24, 2.45) is 0 Å². The van der Waals surface area contributed by atoms with Gasteiger partial charge in [0, 0.05) is 10.9 Å². The van der Waals surface area contributed by atoms with Crippen LogP contribution in [0.2, 0.25) is 5.02 Å². The van der Waals surface area contributed by atoms with Crippen LogP contribution in [0.25, 0.3) is 11.0 Å². The van der Waals surface area contributed by atoms with Crippen LogP contribution in [0.15, 0.2) is 53.8 Å². The molecule has 5 nitrogen and oxygen atoms in total. The number of carbonyl (C=O) groups is 1. The van der Waals surface area contributed by atoms with Crippen LogP contribution in [-0.2, 0) is 16.1 Å². The maximum atomic E-state index is 11.9. The minimum absolute atomic E-state index is 0.0825. The van der Waals surface area contributed by atoms with E-state index in [0.29, 0.717) is 5.02 Å². The van der Waals surface area contributed by atoms with Crippen LogP contribution < -0.4 is 0 Å². The monoisotopic (exact) mass is 372 g/mol. The van der Waals surface area contributed by atoms with E-state index in [9.17, 15) is 9.90 Å². The van der Waals surface area contributed by atoms with Crippen molar-refractivity contribution in [2.75, 3.05) is 7.11 Å². The van der Waals surface area contributed by atoms with Crippen molar-refractivity contribution in [2.45, 2.75) is 32.2 Å². The Hall–Kier alpha value is -2.53. The van der Waals surface area contributed by atoms with Gasteiger partial charge in [-0.15, -0.1) is 0 Å². The molecule has 1 N–H and O–H groups in total. The molecule has 26 heavy (non-hydrogen) atoms. The van der Waals surface area contributed by atoms with E-state index in [2.05, 4.69) is 6.92 Å². The predicted octanol–water partition coefficient (Wildman–Crippen LogP) is 4.68. The van der Waals surface area contributed by atoms with Gasteiger partial charge in [-0.1, -0.05) is 36.2 Å². The molecule has 1 atom stereocenters. The fraction of sp³-hybridized carbons (Fsp3) is 0.300. The molecular formula is C20H21ClN2O3. The van der Waals surface area contributed by atoms with E-state index >= 15 is 0 Å². The highest BCUT2D eigenvalue weighted by Crippen LogP contribution is 2.30. The maximum Gasteiger partial charge on any atom is 0.325 e. The van der Waals surface area contributed by atoms with Gasteiger partial charge in [0.1, 0.15) is 18.1 Å². The van der Waals surface area contributed by atoms with Gasteiger partial charge < -0.3 is 14.4 Å². The van der Waals surface area contributed by atoms with Crippen LogP contribution in [-0.4, -0.2) is 27.7 Å². The fourth-order valence-electron chi connectivity index (χ4n) is 3.14. The molecular weight excluding hydrogens is 352 g/mol. The second kappa shape index (κ2) is 7.79. The number of aliphatic hydroxyl groups is 1. The molecule has 3 rings (SSSR count). The number of halogens is 1. The molecule has 1 heterocycles. The van der Waals surface area contributed by atoms with Gasteiger partial charge in [-0.05, 0) is 43.2 Å². The van der Waals surface area contributed by atoms with Gasteiger partial charge in [0.15, 0.2) is 0 Å². The van der Waals surface area contributed by atoms with Crippen LogP contribution >= 0.6 is 11.6 Å². The number of aliphatic hydroxyl groups excluding tert-OH is 1. The summed E-state index contributed by atoms with van der Waals surface area (Å²) in [6.07, 6.45) is 8.82. The van der Waals surface area contributed by atoms with Crippen molar-refractivity contribution in [1.82, 2.24) is 9.55 Å². The van der Waals surface area contributed by atoms with Crippen LogP contribution in [0, 0.1) is 0 Å². The van der Waals surface area contributed by atoms with Crippen LogP contribution in [0.5, 0.6) is 0 Å². The molecule has 1 aliphatic rings. The molecule has 0 amide bonds. The Balaban J connectivity index is 1.96. The SMILES string of the molecule is COC(=O)Cn1c(C(C)CC2=CC=C(O)C=CC2)nc2ccc(Cl)cc21. The Labute approximate surface area is 157 Å². The van der Waals surface area contributed by atoms with Gasteiger partial charge >= 0.3 is 5.97 Å². The van der Waals surface area contributed by atoms with Gasteiger partial charge in [-0.2, -0.15) is 0 Å². The lowest BCUT2D eigenvalue weighted by Crippen LogP contribution is -2.15. The van der Waals surface area contributed by atoms with Crippen molar-refractivity contribution in [3.8, 4) is 0 Å². The van der Waals surface area contributed by atoms with Crippen LogP contribution in [0.3, 0.4) is 0 Å². The lowest BCUT2D eigenvalue weighted by atomic mass is 9.98. The summed E-state index contributed by atoms with van der Waals surface area (Å²) in [5, 5.41) is 10.2. The second-order valence-electron chi connectivity index (χ2n) is 6.39. The van der Waals surface area contributed by atoms with Crippen molar-refractivity contribution in [3.05, 3.63) is 64.7 Å². The highest BCUT2D eigenvalue weighted by atomic mass is 35.5. The first-order valence-electron chi connectivity index (χ1n) is 8.45. The number of nitrogens with zero attached hydrogens (tertiary/aromatic N) is 2. The minimum atomic E-state index is -0.331. The molecule has 0 radical (unpaired) electrons. The number of allylic oxidation sites excluding steroid dienone is 5. The summed E-state index contributed by atoms with van der Waals surface area (Å²) in [4.78, 5) is 16.6. The fourth-order valence-corrected chi connectivity index (χ4v) is 3.31. The number of esters is 1. The highest BCUT2D eigenvalue weighted by Gasteiger charge is 2.20. The molecule has 0 fully saturated rings. The summed E-state index contributed by atoms with van der Waals surface area (Å²) in [5.74, 6) is 0.816. The Morgan fingerprint density at radius 3 is 3.00 bits per heavy atom. The van der Waals surface area contributed by atoms with E-state index in [1.165, 1.54) is 12.7 Å². The average Bonchev–Trinajstić information content (AvgIpc) is 2.83. The van der Waals surface area contributed by atoms with Gasteiger partial charge in [0.25, 0.3) is 0 Å². The standard InChI is InChI=1S/C20H21ClN2O3/c1-13(10-14-4-3-5-16(24)8-6-14)20-22-17-9-7-15(21)11-18(17)23(20)12-19(25)26-2/h3,5-9,11,13,24H,4,10,12H2,1-2H3. The number of imidazole rings is 1. The van der Waals surface area contributed by atoms with Gasteiger partial charge in [0.05, 0.1) is 18.1 Å². The third kappa shape index (κ3) is 3.99. The zero-order chi connectivity index (χ0) is 18.7. The largest absolute Gasteiger partial charge is 0.508 e. The first kappa shape index (κ1) is 18.3. The van der Waals surface area contributed by atoms with E-state index < -0.39 is 0 Å². The predicted molar refractivity (Wildman–Crippen MR) is 102 cm³/mol. The smallest absolute Gasteiger partial charge is 0.325 e. The Bertz CT molecular complexity index is 925. The highest BCUT2D eigenvalue weighted by molar-refractivity contribution is 6.31. The average molecular weight is 373 g/mol. The Morgan fingerprint density at radius 1 is 1.42 bits per heavy atom. The van der Waals surface area contributed by atoms with E-state index in [1.807, 2.05) is 28.9 Å². The minimum Gasteiger partial charge on any atom is -0.508 e. The van der Waals surface area contributed by atoms with Crippen molar-refractivity contribution in [3.63, 3.8) is 0 Å². The van der Waals surface area contributed by atoms with Crippen LogP contribution in [0.4, 0.5) is 0 Å². The molecule has 1 aromatic carbocycles. The number of methoxy groups -OCH3 is 1. The molecule has 2 aromatic rings. The number of benzene rings is 1. The summed E-state index contributed by atoms with van der Waals surface area (Å²) in [6.45, 7) is 2.17. The maximum absolute atomic E-state index is 11.9. The third-order valence-corrected chi connectivity index (χ3v) is 4.66. The van der Waals surface area contributed by atoms with Crippen molar-refractivity contribution < 1.29 is 14.6 Å². The van der Waals surface area contributed by atoms with Gasteiger partial charge in [0.2, 0.25) is 0 Å². The third-order valence-electron chi connectivity index (χ3n) is 4.42. The molecule has 0 spiro atoms. The first-order valence-corrected chi connectivity index (χ1v) is 8.83. The Morgan fingerprint density at radius 2 is 2.23 bits per heavy atom. The van der Waals surface area contributed by atoms with E-state index in [-0.39, 0.29) is 24.2 Å². The first-order chi connectivity index (χ1) is 12.5. The van der Waals surface area contributed by atoms with E-state index in [4.69, 9.17) is 21.3 Å². The molecule has 1 aromatic heterocycles. The van der Waals surface area contributed by atoms with E-state index in [1.54, 1.807) is 18.2 Å². The quantitative estimate of drug-likeness (QED) is 0.773. The molecule has 0 bridgehead atoms. The summed E-state index contributed by atoms with van der Waals surface area (Å²) in [5.41, 5.74) is 2.80. The summed E-state index contributed by atoms with van der Waals surface area (Å²) < 4.78 is 6.71. The van der Waals surface area contributed by atoms with Gasteiger partial charge in [-0.25, -0.2) is 4.98 Å². The number of hydrogen-bond acceptors (Lipinski definition) is 4. The van der Waals surface area contributed by atoms with Gasteiger partial charge in [-0.3, -0.25) is 4.79 Å².